The van der Waals surface area contributed by atoms with E-state index in [1.54, 1.807) is 0 Å². The van der Waals surface area contributed by atoms with Crippen LogP contribution in [-0.4, -0.2) is 11.9 Å². The van der Waals surface area contributed by atoms with Crippen molar-refractivity contribution >= 4 is 28.2 Å². The predicted octanol–water partition coefficient (Wildman–Crippen LogP) is 0.353. The molecule has 1 aromatic rings. The summed E-state index contributed by atoms with van der Waals surface area (Å²) in [7, 11) is 0. The van der Waals surface area contributed by atoms with E-state index in [1.165, 1.54) is 11.3 Å². The molecule has 6 heteroatoms. The number of fused-ring (bicyclic) bond motifs is 1. The Morgan fingerprint density at radius 2 is 2.17 bits per heavy atom. The van der Waals surface area contributed by atoms with Crippen molar-refractivity contribution in [3.63, 3.8) is 0 Å². The van der Waals surface area contributed by atoms with E-state index >= 15 is 0 Å². The molecule has 0 saturated carbocycles. The van der Waals surface area contributed by atoms with Gasteiger partial charge in [-0.15, -0.1) is 11.3 Å². The fraction of sp³-hybridized carbons (Fsp3) is 0.250. The molecule has 1 aliphatic rings. The summed E-state index contributed by atoms with van der Waals surface area (Å²) < 4.78 is 0. The van der Waals surface area contributed by atoms with Crippen molar-refractivity contribution in [2.45, 2.75) is 19.3 Å². The van der Waals surface area contributed by atoms with Gasteiger partial charge in [-0.3, -0.25) is 4.79 Å². The highest BCUT2D eigenvalue weighted by Crippen LogP contribution is 2.38. The SMILES string of the molecule is N#Cc1c(NC(=O)/C=C/C(=O)[O-])sc2c1CCC2. The second-order valence-corrected chi connectivity index (χ2v) is 4.92. The standard InChI is InChI=1S/C12H10N2O3S/c13-6-8-7-2-1-3-9(7)18-12(8)14-10(15)4-5-11(16)17/h4-5H,1-3H2,(H,14,15)(H,16,17)/p-1/b5-4+. The monoisotopic (exact) mass is 261 g/mol. The van der Waals surface area contributed by atoms with Crippen molar-refractivity contribution in [1.29, 1.82) is 5.26 Å². The summed E-state index contributed by atoms with van der Waals surface area (Å²) >= 11 is 1.38. The quantitative estimate of drug-likeness (QED) is 0.795. The van der Waals surface area contributed by atoms with Gasteiger partial charge in [-0.05, 0) is 30.9 Å². The van der Waals surface area contributed by atoms with E-state index in [0.29, 0.717) is 16.6 Å². The largest absolute Gasteiger partial charge is 0.545 e. The van der Waals surface area contributed by atoms with E-state index in [2.05, 4.69) is 11.4 Å². The highest BCUT2D eigenvalue weighted by molar-refractivity contribution is 7.16. The number of aryl methyl sites for hydroxylation is 1. The second-order valence-electron chi connectivity index (χ2n) is 3.81. The lowest BCUT2D eigenvalue weighted by Crippen LogP contribution is -2.20. The molecule has 1 aromatic heterocycles. The molecule has 0 saturated heterocycles. The molecule has 0 fully saturated rings. The highest BCUT2D eigenvalue weighted by atomic mass is 32.1. The Morgan fingerprint density at radius 3 is 2.83 bits per heavy atom. The lowest BCUT2D eigenvalue weighted by molar-refractivity contribution is -0.297. The first kappa shape index (κ1) is 12.3. The van der Waals surface area contributed by atoms with Crippen LogP contribution in [0.1, 0.15) is 22.4 Å². The van der Waals surface area contributed by atoms with Gasteiger partial charge in [0.1, 0.15) is 11.1 Å². The van der Waals surface area contributed by atoms with Gasteiger partial charge in [-0.2, -0.15) is 5.26 Å². The second kappa shape index (κ2) is 5.02. The molecule has 0 atom stereocenters. The number of hydrogen-bond acceptors (Lipinski definition) is 5. The van der Waals surface area contributed by atoms with Gasteiger partial charge in [0, 0.05) is 11.0 Å². The minimum atomic E-state index is -1.43. The molecule has 18 heavy (non-hydrogen) atoms. The number of anilines is 1. The maximum absolute atomic E-state index is 11.4. The summed E-state index contributed by atoms with van der Waals surface area (Å²) in [6.45, 7) is 0. The van der Waals surface area contributed by atoms with Gasteiger partial charge in [-0.1, -0.05) is 0 Å². The fourth-order valence-electron chi connectivity index (χ4n) is 1.91. The van der Waals surface area contributed by atoms with Crippen molar-refractivity contribution in [2.24, 2.45) is 0 Å². The molecule has 92 valence electrons. The van der Waals surface area contributed by atoms with Crippen LogP contribution in [0.25, 0.3) is 0 Å². The third-order valence-corrected chi connectivity index (χ3v) is 3.85. The summed E-state index contributed by atoms with van der Waals surface area (Å²) in [5.74, 6) is -2.00. The number of nitriles is 1. The van der Waals surface area contributed by atoms with E-state index in [0.717, 1.165) is 35.8 Å². The van der Waals surface area contributed by atoms with E-state index in [4.69, 9.17) is 5.26 Å². The van der Waals surface area contributed by atoms with E-state index in [-0.39, 0.29) is 0 Å². The number of rotatable bonds is 3. The Kier molecular flexibility index (Phi) is 3.44. The Balaban J connectivity index is 2.18. The van der Waals surface area contributed by atoms with Crippen LogP contribution in [0.2, 0.25) is 0 Å². The van der Waals surface area contributed by atoms with Crippen LogP contribution in [0, 0.1) is 11.3 Å². The summed E-state index contributed by atoms with van der Waals surface area (Å²) in [5, 5.41) is 22.3. The Bertz CT molecular complexity index is 581. The van der Waals surface area contributed by atoms with Crippen LogP contribution < -0.4 is 10.4 Å². The molecule has 2 rings (SSSR count). The number of carbonyl (C=O) groups is 2. The van der Waals surface area contributed by atoms with Crippen LogP contribution in [0.3, 0.4) is 0 Å². The van der Waals surface area contributed by atoms with Crippen LogP contribution in [0.5, 0.6) is 0 Å². The number of nitrogens with zero attached hydrogens (tertiary/aromatic N) is 1. The number of carboxylic acid groups (broad SMARTS) is 1. The first-order valence-corrected chi connectivity index (χ1v) is 6.18. The van der Waals surface area contributed by atoms with Crippen LogP contribution in [0.4, 0.5) is 5.00 Å². The lowest BCUT2D eigenvalue weighted by Gasteiger charge is -2.00. The van der Waals surface area contributed by atoms with E-state index in [1.807, 2.05) is 0 Å². The molecule has 1 heterocycles. The van der Waals surface area contributed by atoms with Crippen LogP contribution in [0.15, 0.2) is 12.2 Å². The molecule has 0 aromatic carbocycles. The smallest absolute Gasteiger partial charge is 0.249 e. The average molecular weight is 261 g/mol. The zero-order chi connectivity index (χ0) is 13.1. The number of nitrogens with one attached hydrogen (secondary N) is 1. The number of carbonyl (C=O) groups excluding carboxylic acids is 2. The number of aliphatic carboxylic acids is 1. The van der Waals surface area contributed by atoms with Crippen LogP contribution in [-0.2, 0) is 22.4 Å². The summed E-state index contributed by atoms with van der Waals surface area (Å²) in [5.41, 5.74) is 1.52. The van der Waals surface area contributed by atoms with E-state index in [9.17, 15) is 14.7 Å². The normalized spacial score (nSPS) is 13.3. The van der Waals surface area contributed by atoms with Crippen molar-refractivity contribution in [3.05, 3.63) is 28.2 Å². The summed E-state index contributed by atoms with van der Waals surface area (Å²) in [6, 6.07) is 2.09. The van der Waals surface area contributed by atoms with Gasteiger partial charge in [0.2, 0.25) is 5.91 Å². The first-order valence-electron chi connectivity index (χ1n) is 5.36. The van der Waals surface area contributed by atoms with E-state index < -0.39 is 11.9 Å². The van der Waals surface area contributed by atoms with Crippen molar-refractivity contribution in [3.8, 4) is 6.07 Å². The van der Waals surface area contributed by atoms with Gasteiger partial charge in [-0.25, -0.2) is 0 Å². The average Bonchev–Trinajstić information content (AvgIpc) is 2.86. The Hall–Kier alpha value is -2.13. The van der Waals surface area contributed by atoms with Gasteiger partial charge in [0.05, 0.1) is 11.5 Å². The molecule has 1 aliphatic carbocycles. The van der Waals surface area contributed by atoms with Crippen molar-refractivity contribution < 1.29 is 14.7 Å². The van der Waals surface area contributed by atoms with Gasteiger partial charge >= 0.3 is 0 Å². The van der Waals surface area contributed by atoms with Gasteiger partial charge in [0.25, 0.3) is 0 Å². The molecule has 0 bridgehead atoms. The molecular weight excluding hydrogens is 252 g/mol. The molecule has 0 radical (unpaired) electrons. The minimum absolute atomic E-state index is 0.496. The van der Waals surface area contributed by atoms with Gasteiger partial charge in [0.15, 0.2) is 0 Å². The summed E-state index contributed by atoms with van der Waals surface area (Å²) in [6.07, 6.45) is 4.36. The number of amides is 1. The first-order chi connectivity index (χ1) is 8.61. The molecule has 0 spiro atoms. The highest BCUT2D eigenvalue weighted by Gasteiger charge is 2.22. The van der Waals surface area contributed by atoms with Crippen LogP contribution >= 0.6 is 11.3 Å². The number of carboxylic acids is 1. The van der Waals surface area contributed by atoms with Crippen molar-refractivity contribution in [2.75, 3.05) is 5.32 Å². The third-order valence-electron chi connectivity index (χ3n) is 2.64. The zero-order valence-corrected chi connectivity index (χ0v) is 10.2. The molecule has 1 N–H and O–H groups in total. The fourth-order valence-corrected chi connectivity index (χ4v) is 3.15. The Labute approximate surface area is 107 Å². The maximum Gasteiger partial charge on any atom is 0.249 e. The third kappa shape index (κ3) is 2.41. The molecular formula is C12H9N2O3S-. The Morgan fingerprint density at radius 1 is 1.39 bits per heavy atom. The predicted molar refractivity (Wildman–Crippen MR) is 63.8 cm³/mol. The topological polar surface area (TPSA) is 93.0 Å². The molecule has 5 nitrogen and oxygen atoms in total. The van der Waals surface area contributed by atoms with Gasteiger partial charge < -0.3 is 15.2 Å². The van der Waals surface area contributed by atoms with Crippen molar-refractivity contribution in [1.82, 2.24) is 0 Å². The molecule has 0 aliphatic heterocycles. The molecule has 0 unspecified atom stereocenters. The molecule has 1 amide bonds. The minimum Gasteiger partial charge on any atom is -0.545 e. The summed E-state index contributed by atoms with van der Waals surface area (Å²) in [4.78, 5) is 22.7. The number of hydrogen-bond donors (Lipinski definition) is 1. The maximum atomic E-state index is 11.4. The lowest BCUT2D eigenvalue weighted by atomic mass is 10.1. The zero-order valence-electron chi connectivity index (χ0n) is 9.36. The number of thiophene rings is 1.